The average Bonchev–Trinajstić information content (AvgIpc) is 2.39. The molecule has 2 rings (SSSR count). The molecule has 4 nitrogen and oxygen atoms in total. The number of aromatic amines is 1. The number of carbonyl (C=O) groups excluding carboxylic acids is 1. The van der Waals surface area contributed by atoms with E-state index in [1.54, 1.807) is 7.05 Å². The van der Waals surface area contributed by atoms with Crippen LogP contribution in [-0.4, -0.2) is 17.9 Å². The van der Waals surface area contributed by atoms with Gasteiger partial charge in [0.05, 0.1) is 0 Å². The third-order valence-corrected chi connectivity index (χ3v) is 2.50. The Kier molecular flexibility index (Phi) is 3.05. The molecule has 0 saturated carbocycles. The Balaban J connectivity index is 2.34. The maximum Gasteiger partial charge on any atom is 0.263 e. The van der Waals surface area contributed by atoms with E-state index in [2.05, 4.69) is 4.98 Å². The van der Waals surface area contributed by atoms with E-state index in [4.69, 9.17) is 0 Å². The molecule has 1 aromatic heterocycles. The first-order valence-electron chi connectivity index (χ1n) is 5.20. The van der Waals surface area contributed by atoms with Crippen molar-refractivity contribution in [3.63, 3.8) is 0 Å². The van der Waals surface area contributed by atoms with Crippen LogP contribution in [-0.2, 0) is 0 Å². The molecule has 0 aliphatic rings. The van der Waals surface area contributed by atoms with Crippen LogP contribution in [0.4, 0.5) is 5.69 Å². The summed E-state index contributed by atoms with van der Waals surface area (Å²) in [4.78, 5) is 27.8. The average molecular weight is 228 g/mol. The summed E-state index contributed by atoms with van der Waals surface area (Å²) in [7, 11) is 1.64. The molecule has 2 aromatic rings. The Morgan fingerprint density at radius 3 is 2.53 bits per heavy atom. The lowest BCUT2D eigenvalue weighted by molar-refractivity contribution is 0.0991. The number of amides is 1. The van der Waals surface area contributed by atoms with E-state index in [1.165, 1.54) is 23.4 Å². The van der Waals surface area contributed by atoms with E-state index in [9.17, 15) is 9.59 Å². The maximum absolute atomic E-state index is 12.1. The first-order valence-corrected chi connectivity index (χ1v) is 5.20. The van der Waals surface area contributed by atoms with Gasteiger partial charge in [-0.2, -0.15) is 0 Å². The minimum Gasteiger partial charge on any atom is -0.367 e. The largest absolute Gasteiger partial charge is 0.367 e. The van der Waals surface area contributed by atoms with Crippen molar-refractivity contribution in [1.29, 1.82) is 0 Å². The molecule has 86 valence electrons. The van der Waals surface area contributed by atoms with Crippen LogP contribution in [0, 0.1) is 0 Å². The maximum atomic E-state index is 12.1. The number of hydrogen-bond acceptors (Lipinski definition) is 2. The first-order chi connectivity index (χ1) is 8.20. The van der Waals surface area contributed by atoms with Crippen LogP contribution in [0.5, 0.6) is 0 Å². The lowest BCUT2D eigenvalue weighted by Crippen LogP contribution is -2.30. The number of H-pyrrole nitrogens is 1. The number of anilines is 1. The zero-order chi connectivity index (χ0) is 12.3. The predicted molar refractivity (Wildman–Crippen MR) is 66.2 cm³/mol. The van der Waals surface area contributed by atoms with E-state index in [-0.39, 0.29) is 16.9 Å². The number of nitrogens with zero attached hydrogens (tertiary/aromatic N) is 1. The van der Waals surface area contributed by atoms with Crippen molar-refractivity contribution in [3.05, 3.63) is 64.6 Å². The number of aromatic nitrogens is 1. The first kappa shape index (κ1) is 11.1. The van der Waals surface area contributed by atoms with E-state index in [1.807, 2.05) is 30.3 Å². The van der Waals surface area contributed by atoms with E-state index < -0.39 is 0 Å². The van der Waals surface area contributed by atoms with Crippen LogP contribution in [0.25, 0.3) is 0 Å². The third kappa shape index (κ3) is 2.25. The van der Waals surface area contributed by atoms with Gasteiger partial charge in [-0.1, -0.05) is 18.2 Å². The van der Waals surface area contributed by atoms with Crippen LogP contribution in [0.1, 0.15) is 10.4 Å². The number of benzene rings is 1. The number of carbonyl (C=O) groups is 1. The molecule has 0 aliphatic heterocycles. The molecule has 1 aromatic carbocycles. The molecule has 0 atom stereocenters. The number of rotatable bonds is 2. The molecule has 1 heterocycles. The van der Waals surface area contributed by atoms with Crippen molar-refractivity contribution in [2.24, 2.45) is 0 Å². The van der Waals surface area contributed by atoms with E-state index in [0.29, 0.717) is 0 Å². The van der Waals surface area contributed by atoms with Crippen molar-refractivity contribution < 1.29 is 4.79 Å². The molecule has 0 unspecified atom stereocenters. The fourth-order valence-corrected chi connectivity index (χ4v) is 1.53. The van der Waals surface area contributed by atoms with Gasteiger partial charge in [0.1, 0.15) is 5.56 Å². The molecular weight excluding hydrogens is 216 g/mol. The number of nitrogens with one attached hydrogen (secondary N) is 1. The second kappa shape index (κ2) is 4.65. The van der Waals surface area contributed by atoms with E-state index in [0.717, 1.165) is 5.69 Å². The molecule has 0 saturated heterocycles. The lowest BCUT2D eigenvalue weighted by Gasteiger charge is -2.16. The fraction of sp³-hybridized carbons (Fsp3) is 0.0769. The Labute approximate surface area is 98.5 Å². The summed E-state index contributed by atoms with van der Waals surface area (Å²) in [6.45, 7) is 0. The van der Waals surface area contributed by atoms with Gasteiger partial charge in [0.25, 0.3) is 5.91 Å². The minimum absolute atomic E-state index is 0.138. The third-order valence-electron chi connectivity index (χ3n) is 2.50. The second-order valence-electron chi connectivity index (χ2n) is 3.62. The normalized spacial score (nSPS) is 9.94. The van der Waals surface area contributed by atoms with Gasteiger partial charge >= 0.3 is 0 Å². The molecule has 0 bridgehead atoms. The predicted octanol–water partition coefficient (Wildman–Crippen LogP) is 1.65. The summed E-state index contributed by atoms with van der Waals surface area (Å²) < 4.78 is 0. The number of pyridine rings is 1. The molecule has 4 heteroatoms. The summed E-state index contributed by atoms with van der Waals surface area (Å²) in [5.41, 5.74) is 0.608. The highest BCUT2D eigenvalue weighted by molar-refractivity contribution is 6.05. The summed E-state index contributed by atoms with van der Waals surface area (Å²) in [5.74, 6) is -0.321. The smallest absolute Gasteiger partial charge is 0.263 e. The molecule has 0 spiro atoms. The van der Waals surface area contributed by atoms with Gasteiger partial charge in [-0.15, -0.1) is 0 Å². The van der Waals surface area contributed by atoms with Crippen LogP contribution in [0.15, 0.2) is 53.6 Å². The topological polar surface area (TPSA) is 53.2 Å². The van der Waals surface area contributed by atoms with Gasteiger partial charge in [0.2, 0.25) is 0 Å². The SMILES string of the molecule is CN(C(=O)c1c[nH]ccc1=O)c1ccccc1. The summed E-state index contributed by atoms with van der Waals surface area (Å²) in [6, 6.07) is 10.5. The monoisotopic (exact) mass is 228 g/mol. The van der Waals surface area contributed by atoms with Crippen molar-refractivity contribution in [2.45, 2.75) is 0 Å². The van der Waals surface area contributed by atoms with Crippen molar-refractivity contribution >= 4 is 11.6 Å². The van der Waals surface area contributed by atoms with E-state index >= 15 is 0 Å². The van der Waals surface area contributed by atoms with Crippen molar-refractivity contribution in [2.75, 3.05) is 11.9 Å². The molecule has 17 heavy (non-hydrogen) atoms. The van der Waals surface area contributed by atoms with Crippen molar-refractivity contribution in [1.82, 2.24) is 4.98 Å². The van der Waals surface area contributed by atoms with Gasteiger partial charge in [0.15, 0.2) is 5.43 Å². The number of hydrogen-bond donors (Lipinski definition) is 1. The zero-order valence-corrected chi connectivity index (χ0v) is 9.38. The van der Waals surface area contributed by atoms with Crippen LogP contribution >= 0.6 is 0 Å². The summed E-state index contributed by atoms with van der Waals surface area (Å²) >= 11 is 0. The highest BCUT2D eigenvalue weighted by Gasteiger charge is 2.15. The van der Waals surface area contributed by atoms with Gasteiger partial charge in [-0.05, 0) is 12.1 Å². The van der Waals surface area contributed by atoms with Crippen LogP contribution in [0.3, 0.4) is 0 Å². The Morgan fingerprint density at radius 2 is 1.88 bits per heavy atom. The van der Waals surface area contributed by atoms with Gasteiger partial charge in [-0.3, -0.25) is 9.59 Å². The highest BCUT2D eigenvalue weighted by atomic mass is 16.2. The van der Waals surface area contributed by atoms with Gasteiger partial charge in [-0.25, -0.2) is 0 Å². The van der Waals surface area contributed by atoms with Crippen LogP contribution < -0.4 is 10.3 Å². The Bertz CT molecular complexity index is 575. The Hall–Kier alpha value is -2.36. The highest BCUT2D eigenvalue weighted by Crippen LogP contribution is 2.12. The molecule has 1 amide bonds. The second-order valence-corrected chi connectivity index (χ2v) is 3.62. The quantitative estimate of drug-likeness (QED) is 0.849. The van der Waals surface area contributed by atoms with Gasteiger partial charge in [0, 0.05) is 31.2 Å². The van der Waals surface area contributed by atoms with Crippen molar-refractivity contribution in [3.8, 4) is 0 Å². The molecule has 0 fully saturated rings. The molecule has 1 N–H and O–H groups in total. The fourth-order valence-electron chi connectivity index (χ4n) is 1.53. The summed E-state index contributed by atoms with van der Waals surface area (Å²) in [6.07, 6.45) is 2.92. The number of para-hydroxylation sites is 1. The molecule has 0 aliphatic carbocycles. The zero-order valence-electron chi connectivity index (χ0n) is 9.38. The Morgan fingerprint density at radius 1 is 1.18 bits per heavy atom. The standard InChI is InChI=1S/C13H12N2O2/c1-15(10-5-3-2-4-6-10)13(17)11-9-14-8-7-12(11)16/h2-9H,1H3,(H,14,16). The van der Waals surface area contributed by atoms with Crippen LogP contribution in [0.2, 0.25) is 0 Å². The van der Waals surface area contributed by atoms with Gasteiger partial charge < -0.3 is 9.88 Å². The lowest BCUT2D eigenvalue weighted by atomic mass is 10.2. The molecular formula is C13H12N2O2. The summed E-state index contributed by atoms with van der Waals surface area (Å²) in [5, 5.41) is 0. The minimum atomic E-state index is -0.321. The molecule has 0 radical (unpaired) electrons.